The van der Waals surface area contributed by atoms with Crippen molar-refractivity contribution in [1.82, 2.24) is 0 Å². The highest BCUT2D eigenvalue weighted by Gasteiger charge is 1.99. The summed E-state index contributed by atoms with van der Waals surface area (Å²) < 4.78 is 5.16. The van der Waals surface area contributed by atoms with Crippen molar-refractivity contribution in [3.63, 3.8) is 0 Å². The number of nitrogens with two attached hydrogens (primary N) is 1. The van der Waals surface area contributed by atoms with E-state index in [1.54, 1.807) is 0 Å². The summed E-state index contributed by atoms with van der Waals surface area (Å²) in [5.41, 5.74) is 6.80. The van der Waals surface area contributed by atoms with Gasteiger partial charge in [-0.3, -0.25) is 0 Å². The summed E-state index contributed by atoms with van der Waals surface area (Å²) in [6, 6.07) is 0.137. The lowest BCUT2D eigenvalue weighted by molar-refractivity contribution is 0.227. The third-order valence-corrected chi connectivity index (χ3v) is 1.58. The Bertz CT molecular complexity index is 170. The normalized spacial score (nSPS) is 21.1. The summed E-state index contributed by atoms with van der Waals surface area (Å²) in [4.78, 5) is 0. The minimum atomic E-state index is 0.137. The average Bonchev–Trinajstić information content (AvgIpc) is 2.03. The number of ether oxygens (including phenoxy) is 1. The van der Waals surface area contributed by atoms with Crippen LogP contribution in [0.15, 0.2) is 24.0 Å². The van der Waals surface area contributed by atoms with Gasteiger partial charge in [0.2, 0.25) is 0 Å². The van der Waals surface area contributed by atoms with E-state index in [0.29, 0.717) is 0 Å². The zero-order valence-corrected chi connectivity index (χ0v) is 6.92. The first-order valence-corrected chi connectivity index (χ1v) is 4.03. The quantitative estimate of drug-likeness (QED) is 0.653. The standard InChI is InChI=1S/C9H15NO/c1-8(10)4-5-9-3-2-6-11-7-9/h4-5,7-8H,2-3,6,10H2,1H3/b5-4+. The fourth-order valence-corrected chi connectivity index (χ4v) is 0.983. The second kappa shape index (κ2) is 4.19. The molecule has 0 saturated carbocycles. The monoisotopic (exact) mass is 153 g/mol. The molecule has 0 amide bonds. The smallest absolute Gasteiger partial charge is 0.0876 e. The van der Waals surface area contributed by atoms with E-state index in [1.165, 1.54) is 5.57 Å². The highest BCUT2D eigenvalue weighted by atomic mass is 16.5. The second-order valence-electron chi connectivity index (χ2n) is 2.89. The maximum atomic E-state index is 5.55. The topological polar surface area (TPSA) is 35.2 Å². The van der Waals surface area contributed by atoms with E-state index in [9.17, 15) is 0 Å². The van der Waals surface area contributed by atoms with Gasteiger partial charge in [-0.1, -0.05) is 12.2 Å². The first-order chi connectivity index (χ1) is 5.29. The molecule has 0 aromatic carbocycles. The minimum Gasteiger partial charge on any atom is -0.501 e. The molecule has 2 heteroatoms. The molecule has 1 unspecified atom stereocenters. The molecule has 0 radical (unpaired) electrons. The molecule has 62 valence electrons. The van der Waals surface area contributed by atoms with Gasteiger partial charge in [-0.25, -0.2) is 0 Å². The Morgan fingerprint density at radius 1 is 1.73 bits per heavy atom. The molecule has 1 aliphatic rings. The summed E-state index contributed by atoms with van der Waals surface area (Å²) in [7, 11) is 0. The molecule has 0 fully saturated rings. The number of allylic oxidation sites excluding steroid dienone is 2. The molecule has 1 rings (SSSR count). The van der Waals surface area contributed by atoms with Gasteiger partial charge >= 0.3 is 0 Å². The van der Waals surface area contributed by atoms with Gasteiger partial charge in [0.05, 0.1) is 12.9 Å². The first-order valence-electron chi connectivity index (χ1n) is 4.03. The minimum absolute atomic E-state index is 0.137. The first kappa shape index (κ1) is 8.34. The van der Waals surface area contributed by atoms with Gasteiger partial charge in [0.25, 0.3) is 0 Å². The molecule has 0 bridgehead atoms. The predicted molar refractivity (Wildman–Crippen MR) is 46.1 cm³/mol. The summed E-state index contributed by atoms with van der Waals surface area (Å²) in [5.74, 6) is 0. The highest BCUT2D eigenvalue weighted by molar-refractivity contribution is 5.18. The number of hydrogen-bond acceptors (Lipinski definition) is 2. The van der Waals surface area contributed by atoms with Crippen LogP contribution in [0.3, 0.4) is 0 Å². The van der Waals surface area contributed by atoms with E-state index in [0.717, 1.165) is 19.4 Å². The van der Waals surface area contributed by atoms with Crippen LogP contribution >= 0.6 is 0 Å². The Hall–Kier alpha value is -0.760. The van der Waals surface area contributed by atoms with Gasteiger partial charge < -0.3 is 10.5 Å². The van der Waals surface area contributed by atoms with Crippen LogP contribution in [0, 0.1) is 0 Å². The van der Waals surface area contributed by atoms with Gasteiger partial charge in [0, 0.05) is 6.04 Å². The fourth-order valence-electron chi connectivity index (χ4n) is 0.983. The van der Waals surface area contributed by atoms with E-state index in [2.05, 4.69) is 0 Å². The summed E-state index contributed by atoms with van der Waals surface area (Å²) >= 11 is 0. The third-order valence-electron chi connectivity index (χ3n) is 1.58. The third kappa shape index (κ3) is 3.23. The van der Waals surface area contributed by atoms with E-state index < -0.39 is 0 Å². The van der Waals surface area contributed by atoms with Crippen molar-refractivity contribution < 1.29 is 4.74 Å². The Morgan fingerprint density at radius 2 is 2.55 bits per heavy atom. The van der Waals surface area contributed by atoms with E-state index in [-0.39, 0.29) is 6.04 Å². The van der Waals surface area contributed by atoms with Crippen LogP contribution in [0.1, 0.15) is 19.8 Å². The molecule has 2 N–H and O–H groups in total. The maximum absolute atomic E-state index is 5.55. The van der Waals surface area contributed by atoms with Crippen molar-refractivity contribution in [3.05, 3.63) is 24.0 Å². The number of rotatable bonds is 2. The molecule has 2 nitrogen and oxygen atoms in total. The van der Waals surface area contributed by atoms with Crippen LogP contribution in [0.25, 0.3) is 0 Å². The molecular weight excluding hydrogens is 138 g/mol. The van der Waals surface area contributed by atoms with E-state index in [1.807, 2.05) is 25.3 Å². The molecule has 0 spiro atoms. The van der Waals surface area contributed by atoms with Crippen LogP contribution in [-0.4, -0.2) is 12.6 Å². The van der Waals surface area contributed by atoms with Crippen molar-refractivity contribution in [3.8, 4) is 0 Å². The Balaban J connectivity index is 2.41. The molecule has 0 aromatic heterocycles. The molecule has 0 aliphatic carbocycles. The maximum Gasteiger partial charge on any atom is 0.0876 e. The van der Waals surface area contributed by atoms with Crippen molar-refractivity contribution >= 4 is 0 Å². The van der Waals surface area contributed by atoms with Gasteiger partial charge in [-0.2, -0.15) is 0 Å². The Morgan fingerprint density at radius 3 is 3.09 bits per heavy atom. The summed E-state index contributed by atoms with van der Waals surface area (Å²) in [6.45, 7) is 2.82. The molecule has 0 aromatic rings. The summed E-state index contributed by atoms with van der Waals surface area (Å²) in [5, 5.41) is 0. The highest BCUT2D eigenvalue weighted by Crippen LogP contribution is 2.12. The largest absolute Gasteiger partial charge is 0.501 e. The zero-order valence-electron chi connectivity index (χ0n) is 6.92. The van der Waals surface area contributed by atoms with Crippen LogP contribution in [-0.2, 0) is 4.74 Å². The second-order valence-corrected chi connectivity index (χ2v) is 2.89. The Kier molecular flexibility index (Phi) is 3.17. The number of hydrogen-bond donors (Lipinski definition) is 1. The predicted octanol–water partition coefficient (Wildman–Crippen LogP) is 1.58. The van der Waals surface area contributed by atoms with Crippen molar-refractivity contribution in [2.75, 3.05) is 6.61 Å². The molecule has 1 aliphatic heterocycles. The van der Waals surface area contributed by atoms with Crippen LogP contribution < -0.4 is 5.73 Å². The lowest BCUT2D eigenvalue weighted by Crippen LogP contribution is -2.10. The fraction of sp³-hybridized carbons (Fsp3) is 0.556. The van der Waals surface area contributed by atoms with Gasteiger partial charge in [-0.15, -0.1) is 0 Å². The molecule has 1 atom stereocenters. The SMILES string of the molecule is CC(N)/C=C/C1=COCCC1. The van der Waals surface area contributed by atoms with Crippen LogP contribution in [0.4, 0.5) is 0 Å². The molecule has 1 heterocycles. The zero-order chi connectivity index (χ0) is 8.10. The van der Waals surface area contributed by atoms with Gasteiger partial charge in [0.1, 0.15) is 0 Å². The average molecular weight is 153 g/mol. The van der Waals surface area contributed by atoms with Crippen molar-refractivity contribution in [1.29, 1.82) is 0 Å². The van der Waals surface area contributed by atoms with Crippen LogP contribution in [0.2, 0.25) is 0 Å². The molecular formula is C9H15NO. The van der Waals surface area contributed by atoms with Crippen LogP contribution in [0.5, 0.6) is 0 Å². The van der Waals surface area contributed by atoms with Crippen molar-refractivity contribution in [2.24, 2.45) is 5.73 Å². The van der Waals surface area contributed by atoms with E-state index in [4.69, 9.17) is 10.5 Å². The summed E-state index contributed by atoms with van der Waals surface area (Å²) in [6.07, 6.45) is 8.09. The van der Waals surface area contributed by atoms with Gasteiger partial charge in [0.15, 0.2) is 0 Å². The molecule has 11 heavy (non-hydrogen) atoms. The molecule has 0 saturated heterocycles. The Labute approximate surface area is 67.7 Å². The van der Waals surface area contributed by atoms with Gasteiger partial charge in [-0.05, 0) is 25.3 Å². The van der Waals surface area contributed by atoms with Crippen molar-refractivity contribution in [2.45, 2.75) is 25.8 Å². The lowest BCUT2D eigenvalue weighted by atomic mass is 10.1. The van der Waals surface area contributed by atoms with E-state index >= 15 is 0 Å². The lowest BCUT2D eigenvalue weighted by Gasteiger charge is -2.10.